The SMILES string of the molecule is CN1CCN(c2nc3ccc(NC(=O)c4cccc(Oc5ccccc5)c4)cc3s2)CC1. The zero-order chi connectivity index (χ0) is 21.9. The van der Waals surface area contributed by atoms with Crippen molar-refractivity contribution in [3.05, 3.63) is 78.4 Å². The summed E-state index contributed by atoms with van der Waals surface area (Å²) in [5.41, 5.74) is 2.26. The maximum Gasteiger partial charge on any atom is 0.255 e. The molecule has 2 heterocycles. The Morgan fingerprint density at radius 3 is 2.53 bits per heavy atom. The van der Waals surface area contributed by atoms with Crippen LogP contribution in [0.3, 0.4) is 0 Å². The maximum atomic E-state index is 12.8. The molecule has 162 valence electrons. The summed E-state index contributed by atoms with van der Waals surface area (Å²) in [5.74, 6) is 1.18. The van der Waals surface area contributed by atoms with Crippen LogP contribution in [0, 0.1) is 0 Å². The second kappa shape index (κ2) is 8.98. The number of hydrogen-bond donors (Lipinski definition) is 1. The highest BCUT2D eigenvalue weighted by Gasteiger charge is 2.18. The number of fused-ring (bicyclic) bond motifs is 1. The van der Waals surface area contributed by atoms with Crippen molar-refractivity contribution in [1.82, 2.24) is 9.88 Å². The summed E-state index contributed by atoms with van der Waals surface area (Å²) in [6.45, 7) is 4.07. The number of anilines is 2. The molecule has 0 saturated carbocycles. The number of thiazole rings is 1. The van der Waals surface area contributed by atoms with Crippen LogP contribution in [0.5, 0.6) is 11.5 Å². The van der Waals surface area contributed by atoms with Gasteiger partial charge < -0.3 is 19.9 Å². The summed E-state index contributed by atoms with van der Waals surface area (Å²) < 4.78 is 6.92. The molecule has 0 bridgehead atoms. The summed E-state index contributed by atoms with van der Waals surface area (Å²) >= 11 is 1.67. The summed E-state index contributed by atoms with van der Waals surface area (Å²) in [7, 11) is 2.15. The standard InChI is InChI=1S/C25H24N4O2S/c1-28-12-14-29(15-13-28)25-27-22-11-10-19(17-23(22)32-25)26-24(30)18-6-5-9-21(16-18)31-20-7-3-2-4-8-20/h2-11,16-17H,12-15H2,1H3,(H,26,30). The van der Waals surface area contributed by atoms with E-state index >= 15 is 0 Å². The Morgan fingerprint density at radius 2 is 1.72 bits per heavy atom. The number of amides is 1. The normalized spacial score (nSPS) is 14.5. The van der Waals surface area contributed by atoms with Crippen LogP contribution in [0.1, 0.15) is 10.4 Å². The topological polar surface area (TPSA) is 57.7 Å². The van der Waals surface area contributed by atoms with Gasteiger partial charge in [0.15, 0.2) is 5.13 Å². The van der Waals surface area contributed by atoms with Gasteiger partial charge >= 0.3 is 0 Å². The first kappa shape index (κ1) is 20.5. The molecule has 1 fully saturated rings. The number of para-hydroxylation sites is 1. The van der Waals surface area contributed by atoms with E-state index in [-0.39, 0.29) is 5.91 Å². The van der Waals surface area contributed by atoms with E-state index in [4.69, 9.17) is 9.72 Å². The molecule has 1 amide bonds. The maximum absolute atomic E-state index is 12.8. The summed E-state index contributed by atoms with van der Waals surface area (Å²) in [6, 6.07) is 22.6. The second-order valence-electron chi connectivity index (χ2n) is 7.87. The fourth-order valence-corrected chi connectivity index (χ4v) is 4.71. The molecular formula is C25H24N4O2S. The molecule has 4 aromatic rings. The number of carbonyl (C=O) groups excluding carboxylic acids is 1. The van der Waals surface area contributed by atoms with Crippen molar-refractivity contribution >= 4 is 38.3 Å². The van der Waals surface area contributed by atoms with Gasteiger partial charge in [0.25, 0.3) is 5.91 Å². The molecule has 1 N–H and O–H groups in total. The van der Waals surface area contributed by atoms with Crippen molar-refractivity contribution in [2.45, 2.75) is 0 Å². The zero-order valence-electron chi connectivity index (χ0n) is 17.8. The minimum atomic E-state index is -0.174. The molecule has 5 rings (SSSR count). The summed E-state index contributed by atoms with van der Waals surface area (Å²) in [4.78, 5) is 22.3. The number of aromatic nitrogens is 1. The van der Waals surface area contributed by atoms with Crippen LogP contribution in [-0.4, -0.2) is 49.0 Å². The molecule has 3 aromatic carbocycles. The van der Waals surface area contributed by atoms with Crippen molar-refractivity contribution in [2.75, 3.05) is 43.4 Å². The van der Waals surface area contributed by atoms with Crippen molar-refractivity contribution < 1.29 is 9.53 Å². The van der Waals surface area contributed by atoms with Crippen LogP contribution in [0.25, 0.3) is 10.2 Å². The smallest absolute Gasteiger partial charge is 0.255 e. The molecule has 1 aliphatic rings. The van der Waals surface area contributed by atoms with Gasteiger partial charge in [-0.3, -0.25) is 4.79 Å². The van der Waals surface area contributed by atoms with E-state index in [0.29, 0.717) is 11.3 Å². The van der Waals surface area contributed by atoms with E-state index in [1.54, 1.807) is 23.5 Å². The van der Waals surface area contributed by atoms with Crippen LogP contribution < -0.4 is 15.0 Å². The molecule has 7 heteroatoms. The number of rotatable bonds is 5. The van der Waals surface area contributed by atoms with Crippen LogP contribution in [-0.2, 0) is 0 Å². The van der Waals surface area contributed by atoms with Gasteiger partial charge in [-0.25, -0.2) is 4.98 Å². The molecular weight excluding hydrogens is 420 g/mol. The van der Waals surface area contributed by atoms with E-state index in [2.05, 4.69) is 22.2 Å². The molecule has 0 spiro atoms. The quantitative estimate of drug-likeness (QED) is 0.465. The molecule has 1 aromatic heterocycles. The van der Waals surface area contributed by atoms with Gasteiger partial charge in [0.05, 0.1) is 10.2 Å². The fourth-order valence-electron chi connectivity index (χ4n) is 3.65. The number of hydrogen-bond acceptors (Lipinski definition) is 6. The first-order chi connectivity index (χ1) is 15.6. The number of benzene rings is 3. The highest BCUT2D eigenvalue weighted by molar-refractivity contribution is 7.22. The van der Waals surface area contributed by atoms with Crippen molar-refractivity contribution in [3.8, 4) is 11.5 Å². The minimum absolute atomic E-state index is 0.174. The number of nitrogens with one attached hydrogen (secondary N) is 1. The number of ether oxygens (including phenoxy) is 1. The van der Waals surface area contributed by atoms with Gasteiger partial charge in [-0.2, -0.15) is 0 Å². The van der Waals surface area contributed by atoms with Crippen LogP contribution >= 0.6 is 11.3 Å². The number of nitrogens with zero attached hydrogens (tertiary/aromatic N) is 3. The first-order valence-corrected chi connectivity index (χ1v) is 11.4. The fraction of sp³-hybridized carbons (Fsp3) is 0.200. The Hall–Kier alpha value is -3.42. The second-order valence-corrected chi connectivity index (χ2v) is 8.88. The van der Waals surface area contributed by atoms with Crippen LogP contribution in [0.4, 0.5) is 10.8 Å². The Bertz CT molecular complexity index is 1230. The molecule has 1 aliphatic heterocycles. The van der Waals surface area contributed by atoms with Gasteiger partial charge in [0.1, 0.15) is 11.5 Å². The predicted octanol–water partition coefficient (Wildman–Crippen LogP) is 5.09. The molecule has 32 heavy (non-hydrogen) atoms. The zero-order valence-corrected chi connectivity index (χ0v) is 18.6. The molecule has 0 radical (unpaired) electrons. The van der Waals surface area contributed by atoms with Crippen molar-refractivity contribution in [2.24, 2.45) is 0 Å². The molecule has 0 aliphatic carbocycles. The van der Waals surface area contributed by atoms with Crippen LogP contribution in [0.15, 0.2) is 72.8 Å². The van der Waals surface area contributed by atoms with Gasteiger partial charge in [-0.15, -0.1) is 0 Å². The van der Waals surface area contributed by atoms with Gasteiger partial charge in [-0.05, 0) is 55.6 Å². The van der Waals surface area contributed by atoms with E-state index in [0.717, 1.165) is 53.0 Å². The minimum Gasteiger partial charge on any atom is -0.457 e. The van der Waals surface area contributed by atoms with Crippen molar-refractivity contribution in [1.29, 1.82) is 0 Å². The molecule has 0 unspecified atom stereocenters. The Kier molecular flexibility index (Phi) is 5.75. The van der Waals surface area contributed by atoms with Crippen molar-refractivity contribution in [3.63, 3.8) is 0 Å². The van der Waals surface area contributed by atoms with Gasteiger partial charge in [0.2, 0.25) is 0 Å². The Labute approximate surface area is 191 Å². The highest BCUT2D eigenvalue weighted by atomic mass is 32.1. The van der Waals surface area contributed by atoms with E-state index < -0.39 is 0 Å². The lowest BCUT2D eigenvalue weighted by atomic mass is 10.2. The average molecular weight is 445 g/mol. The van der Waals surface area contributed by atoms with Gasteiger partial charge in [-0.1, -0.05) is 35.6 Å². The number of carbonyl (C=O) groups is 1. The third-order valence-corrected chi connectivity index (χ3v) is 6.56. The first-order valence-electron chi connectivity index (χ1n) is 10.6. The molecule has 1 saturated heterocycles. The lowest BCUT2D eigenvalue weighted by Gasteiger charge is -2.31. The predicted molar refractivity (Wildman–Crippen MR) is 130 cm³/mol. The highest BCUT2D eigenvalue weighted by Crippen LogP contribution is 2.31. The summed E-state index contributed by atoms with van der Waals surface area (Å²) in [5, 5.41) is 4.04. The van der Waals surface area contributed by atoms with Crippen LogP contribution in [0.2, 0.25) is 0 Å². The third kappa shape index (κ3) is 4.59. The number of likely N-dealkylation sites (N-methyl/N-ethyl adjacent to an activating group) is 1. The average Bonchev–Trinajstić information content (AvgIpc) is 3.24. The monoisotopic (exact) mass is 444 g/mol. The van der Waals surface area contributed by atoms with Gasteiger partial charge in [0, 0.05) is 37.4 Å². The lowest BCUT2D eigenvalue weighted by molar-refractivity contribution is 0.102. The third-order valence-electron chi connectivity index (χ3n) is 5.48. The van der Waals surface area contributed by atoms with E-state index in [1.807, 2.05) is 60.7 Å². The Balaban J connectivity index is 1.30. The summed E-state index contributed by atoms with van der Waals surface area (Å²) in [6.07, 6.45) is 0. The van der Waals surface area contributed by atoms with E-state index in [1.165, 1.54) is 0 Å². The molecule has 6 nitrogen and oxygen atoms in total. The molecule has 0 atom stereocenters. The van der Waals surface area contributed by atoms with E-state index in [9.17, 15) is 4.79 Å². The Morgan fingerprint density at radius 1 is 0.938 bits per heavy atom. The number of piperazine rings is 1. The largest absolute Gasteiger partial charge is 0.457 e. The lowest BCUT2D eigenvalue weighted by Crippen LogP contribution is -2.44.